The average Bonchev–Trinajstić information content (AvgIpc) is 3.23. The van der Waals surface area contributed by atoms with E-state index in [1.807, 2.05) is 12.1 Å². The van der Waals surface area contributed by atoms with Crippen molar-refractivity contribution in [1.82, 2.24) is 15.8 Å². The molecule has 0 atom stereocenters. The Labute approximate surface area is 182 Å². The normalized spacial score (nSPS) is 11.2. The Hall–Kier alpha value is -4.18. The number of carbonyl (C=O) groups is 2. The minimum absolute atomic E-state index is 0.120. The quantitative estimate of drug-likeness (QED) is 0.348. The van der Waals surface area contributed by atoms with Crippen LogP contribution in [0.25, 0.3) is 10.9 Å². The van der Waals surface area contributed by atoms with E-state index in [1.54, 1.807) is 12.1 Å². The molecule has 0 aliphatic rings. The number of para-hydroxylation sites is 2. The highest BCUT2D eigenvalue weighted by atomic mass is 32.2. The Balaban J connectivity index is 1.42. The SMILES string of the molecule is O=C(NNC(=O)c1c[nH]c2ccccc12)c1ccc(S(=O)(=O)Nc2ccccc2F)cc1. The number of amides is 2. The van der Waals surface area contributed by atoms with Crippen molar-refractivity contribution in [2.75, 3.05) is 4.72 Å². The molecule has 0 unspecified atom stereocenters. The second kappa shape index (κ2) is 8.52. The predicted molar refractivity (Wildman–Crippen MR) is 117 cm³/mol. The second-order valence-corrected chi connectivity index (χ2v) is 8.45. The maximum atomic E-state index is 13.7. The lowest BCUT2D eigenvalue weighted by molar-refractivity contribution is 0.0847. The monoisotopic (exact) mass is 452 g/mol. The fourth-order valence-electron chi connectivity index (χ4n) is 3.05. The summed E-state index contributed by atoms with van der Waals surface area (Å²) in [7, 11) is -4.05. The molecule has 32 heavy (non-hydrogen) atoms. The van der Waals surface area contributed by atoms with Crippen molar-refractivity contribution in [3.05, 3.63) is 95.9 Å². The summed E-state index contributed by atoms with van der Waals surface area (Å²) in [6.45, 7) is 0. The van der Waals surface area contributed by atoms with Crippen molar-refractivity contribution in [1.29, 1.82) is 0 Å². The van der Waals surface area contributed by atoms with Crippen molar-refractivity contribution < 1.29 is 22.4 Å². The van der Waals surface area contributed by atoms with Gasteiger partial charge >= 0.3 is 0 Å². The van der Waals surface area contributed by atoms with E-state index < -0.39 is 27.7 Å². The van der Waals surface area contributed by atoms with Crippen LogP contribution in [0.4, 0.5) is 10.1 Å². The third-order valence-corrected chi connectivity index (χ3v) is 6.05. The summed E-state index contributed by atoms with van der Waals surface area (Å²) in [5.41, 5.74) is 5.70. The van der Waals surface area contributed by atoms with Crippen LogP contribution < -0.4 is 15.6 Å². The standard InChI is InChI=1S/C22H17FN4O4S/c23-18-6-2-4-8-20(18)27-32(30,31)15-11-9-14(10-12-15)21(28)25-26-22(29)17-13-24-19-7-3-1-5-16(17)19/h1-13,24,27H,(H,25,28)(H,26,29). The van der Waals surface area contributed by atoms with Gasteiger partial charge in [0.15, 0.2) is 0 Å². The fraction of sp³-hybridized carbons (Fsp3) is 0. The maximum absolute atomic E-state index is 13.7. The molecule has 2 amide bonds. The molecule has 0 radical (unpaired) electrons. The van der Waals surface area contributed by atoms with E-state index in [4.69, 9.17) is 0 Å². The van der Waals surface area contributed by atoms with Gasteiger partial charge in [0.1, 0.15) is 5.82 Å². The van der Waals surface area contributed by atoms with Crippen LogP contribution in [0, 0.1) is 5.82 Å². The van der Waals surface area contributed by atoms with Crippen molar-refractivity contribution in [2.45, 2.75) is 4.90 Å². The third-order valence-electron chi connectivity index (χ3n) is 4.67. The summed E-state index contributed by atoms with van der Waals surface area (Å²) >= 11 is 0. The first-order valence-corrected chi connectivity index (χ1v) is 10.9. The topological polar surface area (TPSA) is 120 Å². The van der Waals surface area contributed by atoms with Crippen LogP contribution in [0.15, 0.2) is 83.9 Å². The zero-order valence-electron chi connectivity index (χ0n) is 16.4. The molecule has 1 aromatic heterocycles. The molecule has 4 aromatic rings. The highest BCUT2D eigenvalue weighted by molar-refractivity contribution is 7.92. The number of hydrazine groups is 1. The highest BCUT2D eigenvalue weighted by Crippen LogP contribution is 2.19. The van der Waals surface area contributed by atoms with Crippen LogP contribution >= 0.6 is 0 Å². The maximum Gasteiger partial charge on any atom is 0.271 e. The van der Waals surface area contributed by atoms with E-state index in [1.165, 1.54) is 48.7 Å². The summed E-state index contributed by atoms with van der Waals surface area (Å²) in [5.74, 6) is -1.86. The van der Waals surface area contributed by atoms with Crippen LogP contribution in [0.3, 0.4) is 0 Å². The van der Waals surface area contributed by atoms with E-state index in [9.17, 15) is 22.4 Å². The first-order chi connectivity index (χ1) is 15.3. The number of hydrogen-bond acceptors (Lipinski definition) is 4. The number of halogens is 1. The van der Waals surface area contributed by atoms with Crippen molar-refractivity contribution in [3.8, 4) is 0 Å². The van der Waals surface area contributed by atoms with Crippen LogP contribution in [0.2, 0.25) is 0 Å². The van der Waals surface area contributed by atoms with Crippen LogP contribution in [-0.4, -0.2) is 25.2 Å². The van der Waals surface area contributed by atoms with Crippen LogP contribution in [0.1, 0.15) is 20.7 Å². The van der Waals surface area contributed by atoms with E-state index in [0.717, 1.165) is 11.6 Å². The third kappa shape index (κ3) is 4.30. The lowest BCUT2D eigenvalue weighted by atomic mass is 10.2. The lowest BCUT2D eigenvalue weighted by Crippen LogP contribution is -2.41. The molecule has 0 spiro atoms. The van der Waals surface area contributed by atoms with Crippen molar-refractivity contribution in [2.24, 2.45) is 0 Å². The van der Waals surface area contributed by atoms with Crippen LogP contribution in [-0.2, 0) is 10.0 Å². The number of aromatic amines is 1. The van der Waals surface area contributed by atoms with E-state index in [-0.39, 0.29) is 16.1 Å². The van der Waals surface area contributed by atoms with Gasteiger partial charge in [0.25, 0.3) is 21.8 Å². The van der Waals surface area contributed by atoms with E-state index in [2.05, 4.69) is 20.6 Å². The zero-order valence-corrected chi connectivity index (χ0v) is 17.2. The number of carbonyl (C=O) groups excluding carboxylic acids is 2. The van der Waals surface area contributed by atoms with Gasteiger partial charge in [-0.3, -0.25) is 25.2 Å². The molecule has 4 N–H and O–H groups in total. The molecule has 0 saturated heterocycles. The number of nitrogens with one attached hydrogen (secondary N) is 4. The molecule has 162 valence electrons. The lowest BCUT2D eigenvalue weighted by Gasteiger charge is -2.10. The average molecular weight is 452 g/mol. The Morgan fingerprint density at radius 1 is 0.812 bits per heavy atom. The van der Waals surface area contributed by atoms with E-state index in [0.29, 0.717) is 10.9 Å². The molecule has 0 saturated carbocycles. The van der Waals surface area contributed by atoms with Gasteiger partial charge in [0.05, 0.1) is 16.1 Å². The molecule has 0 fully saturated rings. The zero-order chi connectivity index (χ0) is 22.7. The number of rotatable bonds is 5. The predicted octanol–water partition coefficient (Wildman–Crippen LogP) is 3.18. The number of H-pyrrole nitrogens is 1. The number of anilines is 1. The summed E-state index contributed by atoms with van der Waals surface area (Å²) in [4.78, 5) is 27.5. The Bertz CT molecular complexity index is 1420. The van der Waals surface area contributed by atoms with Gasteiger partial charge in [-0.25, -0.2) is 12.8 Å². The van der Waals surface area contributed by atoms with Gasteiger partial charge in [-0.2, -0.15) is 0 Å². The summed E-state index contributed by atoms with van der Waals surface area (Å²) < 4.78 is 40.8. The molecule has 3 aromatic carbocycles. The second-order valence-electron chi connectivity index (χ2n) is 6.77. The fourth-order valence-corrected chi connectivity index (χ4v) is 4.11. The minimum atomic E-state index is -4.05. The summed E-state index contributed by atoms with van der Waals surface area (Å²) in [5, 5.41) is 0.705. The van der Waals surface area contributed by atoms with Gasteiger partial charge in [0, 0.05) is 22.7 Å². The Morgan fingerprint density at radius 2 is 1.47 bits per heavy atom. The number of hydrogen-bond donors (Lipinski definition) is 4. The largest absolute Gasteiger partial charge is 0.360 e. The molecule has 8 nitrogen and oxygen atoms in total. The summed E-state index contributed by atoms with van der Waals surface area (Å²) in [6.07, 6.45) is 1.54. The molecule has 0 bridgehead atoms. The first kappa shape index (κ1) is 21.1. The molecule has 4 rings (SSSR count). The number of fused-ring (bicyclic) bond motifs is 1. The number of sulfonamides is 1. The van der Waals surface area contributed by atoms with Gasteiger partial charge in [-0.1, -0.05) is 30.3 Å². The smallest absolute Gasteiger partial charge is 0.271 e. The molecular weight excluding hydrogens is 435 g/mol. The van der Waals surface area contributed by atoms with Gasteiger partial charge in [-0.15, -0.1) is 0 Å². The molecular formula is C22H17FN4O4S. The first-order valence-electron chi connectivity index (χ1n) is 9.39. The van der Waals surface area contributed by atoms with Crippen molar-refractivity contribution >= 4 is 38.4 Å². The van der Waals surface area contributed by atoms with Crippen molar-refractivity contribution in [3.63, 3.8) is 0 Å². The van der Waals surface area contributed by atoms with Crippen LogP contribution in [0.5, 0.6) is 0 Å². The number of benzene rings is 3. The minimum Gasteiger partial charge on any atom is -0.360 e. The van der Waals surface area contributed by atoms with Gasteiger partial charge in [-0.05, 0) is 42.5 Å². The summed E-state index contributed by atoms with van der Waals surface area (Å²) in [6, 6.07) is 17.6. The van der Waals surface area contributed by atoms with E-state index >= 15 is 0 Å². The Morgan fingerprint density at radius 3 is 2.22 bits per heavy atom. The van der Waals surface area contributed by atoms with Gasteiger partial charge in [0.2, 0.25) is 0 Å². The Kier molecular flexibility index (Phi) is 5.61. The highest BCUT2D eigenvalue weighted by Gasteiger charge is 2.18. The molecule has 10 heteroatoms. The number of aromatic nitrogens is 1. The molecule has 1 heterocycles. The van der Waals surface area contributed by atoms with Gasteiger partial charge < -0.3 is 4.98 Å². The molecule has 0 aliphatic carbocycles. The molecule has 0 aliphatic heterocycles.